The van der Waals surface area contributed by atoms with Crippen LogP contribution >= 0.6 is 0 Å². The monoisotopic (exact) mass is 494 g/mol. The molecule has 0 fully saturated rings. The normalized spacial score (nSPS) is 15.9. The molecule has 0 radical (unpaired) electrons. The fourth-order valence-electron chi connectivity index (χ4n) is 4.08. The highest BCUT2D eigenvalue weighted by Crippen LogP contribution is 2.30. The summed E-state index contributed by atoms with van der Waals surface area (Å²) in [6.07, 6.45) is 2.18. The summed E-state index contributed by atoms with van der Waals surface area (Å²) in [5, 5.41) is 19.9. The molecule has 0 unspecified atom stereocenters. The second-order valence-corrected chi connectivity index (χ2v) is 10.2. The van der Waals surface area contributed by atoms with E-state index in [1.807, 2.05) is 32.0 Å². The van der Waals surface area contributed by atoms with Crippen LogP contribution in [0.15, 0.2) is 52.1 Å². The highest BCUT2D eigenvalue weighted by atomic mass is 19.1. The van der Waals surface area contributed by atoms with E-state index >= 15 is 0 Å². The topological polar surface area (TPSA) is 111 Å². The van der Waals surface area contributed by atoms with E-state index in [0.717, 1.165) is 18.7 Å². The molecule has 0 saturated heterocycles. The maximum Gasteiger partial charge on any atom is 0.256 e. The van der Waals surface area contributed by atoms with Gasteiger partial charge >= 0.3 is 0 Å². The molecule has 1 aliphatic heterocycles. The van der Waals surface area contributed by atoms with E-state index in [1.54, 1.807) is 0 Å². The van der Waals surface area contributed by atoms with Crippen molar-refractivity contribution in [3.63, 3.8) is 0 Å². The van der Waals surface area contributed by atoms with Crippen LogP contribution in [0.3, 0.4) is 0 Å². The number of hydrogen-bond donors (Lipinski definition) is 4. The first-order valence-electron chi connectivity index (χ1n) is 11.9. The van der Waals surface area contributed by atoms with Gasteiger partial charge in [-0.05, 0) is 96.6 Å². The Morgan fingerprint density at radius 3 is 2.67 bits per heavy atom. The van der Waals surface area contributed by atoms with Gasteiger partial charge in [0.25, 0.3) is 5.91 Å². The molecule has 1 aromatic carbocycles. The molecular formula is C27H35FN6O2. The maximum absolute atomic E-state index is 14.3. The molecule has 36 heavy (non-hydrogen) atoms. The molecule has 8 nitrogen and oxygen atoms in total. The van der Waals surface area contributed by atoms with Crippen LogP contribution in [0.1, 0.15) is 58.4 Å². The molecule has 2 aromatic rings. The van der Waals surface area contributed by atoms with Gasteiger partial charge in [0.05, 0.1) is 0 Å². The van der Waals surface area contributed by atoms with E-state index in [4.69, 9.17) is 0 Å². The fourth-order valence-corrected chi connectivity index (χ4v) is 4.08. The second kappa shape index (κ2) is 10.7. The summed E-state index contributed by atoms with van der Waals surface area (Å²) in [5.74, 6) is -0.777. The van der Waals surface area contributed by atoms with E-state index in [0.29, 0.717) is 0 Å². The van der Waals surface area contributed by atoms with Crippen molar-refractivity contribution in [2.45, 2.75) is 65.1 Å². The summed E-state index contributed by atoms with van der Waals surface area (Å²) in [5.41, 5.74) is 1.44. The summed E-state index contributed by atoms with van der Waals surface area (Å²) in [6, 6.07) is 8.44. The summed E-state index contributed by atoms with van der Waals surface area (Å²) in [4.78, 5) is 25.6. The maximum atomic E-state index is 14.3. The number of amidine groups is 1. The highest BCUT2D eigenvalue weighted by Gasteiger charge is 2.27. The fraction of sp³-hybridized carbons (Fsp3) is 0.407. The molecule has 4 N–H and O–H groups in total. The number of amides is 1. The number of aliphatic hydroxyl groups is 1. The number of pyridine rings is 1. The zero-order valence-electron chi connectivity index (χ0n) is 21.7. The summed E-state index contributed by atoms with van der Waals surface area (Å²) >= 11 is 0. The molecule has 1 aliphatic rings. The van der Waals surface area contributed by atoms with Gasteiger partial charge < -0.3 is 21.1 Å². The van der Waals surface area contributed by atoms with Crippen molar-refractivity contribution in [3.05, 3.63) is 64.7 Å². The van der Waals surface area contributed by atoms with Gasteiger partial charge in [-0.1, -0.05) is 6.07 Å². The number of carbonyl (C=O) groups is 1. The minimum absolute atomic E-state index is 0.117. The van der Waals surface area contributed by atoms with Crippen LogP contribution in [0.5, 0.6) is 0 Å². The number of rotatable bonds is 7. The Bertz CT molecular complexity index is 1210. The highest BCUT2D eigenvalue weighted by molar-refractivity contribution is 6.25. The first-order valence-corrected chi connectivity index (χ1v) is 11.9. The number of aromatic nitrogens is 1. The summed E-state index contributed by atoms with van der Waals surface area (Å²) < 4.78 is 14.3. The molecule has 3 rings (SSSR count). The number of aliphatic imine (C=N–C) groups is 2. The smallest absolute Gasteiger partial charge is 0.256 e. The SMILES string of the molecule is C=N/C=C(/C(=O)NC(C)C)C(=Nc1ccc(F)c(C(C)(C)O)n1)Nc1ccc2c(c1)CCNC2(C)C. The Labute approximate surface area is 211 Å². The Kier molecular flexibility index (Phi) is 8.05. The first kappa shape index (κ1) is 27.2. The lowest BCUT2D eigenvalue weighted by molar-refractivity contribution is -0.117. The summed E-state index contributed by atoms with van der Waals surface area (Å²) in [7, 11) is 0. The van der Waals surface area contributed by atoms with Gasteiger partial charge in [-0.3, -0.25) is 9.79 Å². The zero-order valence-corrected chi connectivity index (χ0v) is 21.7. The van der Waals surface area contributed by atoms with Gasteiger partial charge in [0.1, 0.15) is 28.5 Å². The Hall–Kier alpha value is -3.43. The number of nitrogens with zero attached hydrogens (tertiary/aromatic N) is 3. The van der Waals surface area contributed by atoms with Crippen LogP contribution in [0.25, 0.3) is 0 Å². The van der Waals surface area contributed by atoms with Crippen molar-refractivity contribution in [1.82, 2.24) is 15.6 Å². The Morgan fingerprint density at radius 1 is 1.31 bits per heavy atom. The second-order valence-electron chi connectivity index (χ2n) is 10.2. The van der Waals surface area contributed by atoms with E-state index in [-0.39, 0.29) is 34.5 Å². The standard InChI is InChI=1S/C27H35FN6O2/c1-16(2)31-25(35)19(15-29-7)24(34-22-11-10-21(28)23(33-22)27(5,6)36)32-18-8-9-20-17(14-18)12-13-30-26(20,3)4/h8-11,14-16,30,36H,7,12-13H2,1-6H3,(H,31,35)(H,32,33,34)/b19-15+. The van der Waals surface area contributed by atoms with Gasteiger partial charge in [-0.2, -0.15) is 0 Å². The molecule has 0 atom stereocenters. The molecule has 1 aromatic heterocycles. The van der Waals surface area contributed by atoms with Gasteiger partial charge in [0, 0.05) is 23.5 Å². The van der Waals surface area contributed by atoms with E-state index in [9.17, 15) is 14.3 Å². The molecule has 1 amide bonds. The van der Waals surface area contributed by atoms with Crippen molar-refractivity contribution >= 4 is 30.0 Å². The third kappa shape index (κ3) is 6.41. The Morgan fingerprint density at radius 2 is 2.03 bits per heavy atom. The molecule has 0 saturated carbocycles. The largest absolute Gasteiger partial charge is 0.384 e. The first-order chi connectivity index (χ1) is 16.8. The minimum atomic E-state index is -1.51. The predicted molar refractivity (Wildman–Crippen MR) is 142 cm³/mol. The molecule has 0 spiro atoms. The van der Waals surface area contributed by atoms with Crippen molar-refractivity contribution in [1.29, 1.82) is 0 Å². The quantitative estimate of drug-likeness (QED) is 0.263. The van der Waals surface area contributed by atoms with E-state index in [1.165, 1.54) is 43.3 Å². The Balaban J connectivity index is 2.11. The lowest BCUT2D eigenvalue weighted by Crippen LogP contribution is -2.42. The average molecular weight is 495 g/mol. The molecule has 2 heterocycles. The third-order valence-corrected chi connectivity index (χ3v) is 5.78. The number of nitrogens with one attached hydrogen (secondary N) is 3. The van der Waals surface area contributed by atoms with Gasteiger partial charge in [-0.25, -0.2) is 14.4 Å². The van der Waals surface area contributed by atoms with Gasteiger partial charge in [0.15, 0.2) is 5.82 Å². The van der Waals surface area contributed by atoms with Crippen LogP contribution in [0.4, 0.5) is 15.9 Å². The zero-order chi connectivity index (χ0) is 26.7. The molecule has 192 valence electrons. The number of hydrogen-bond acceptors (Lipinski definition) is 6. The number of benzene rings is 1. The van der Waals surface area contributed by atoms with Crippen LogP contribution < -0.4 is 16.0 Å². The minimum Gasteiger partial charge on any atom is -0.384 e. The number of anilines is 1. The summed E-state index contributed by atoms with van der Waals surface area (Å²) in [6.45, 7) is 15.2. The van der Waals surface area contributed by atoms with Crippen LogP contribution in [0.2, 0.25) is 0 Å². The molecule has 0 bridgehead atoms. The van der Waals surface area contributed by atoms with Crippen LogP contribution in [-0.4, -0.2) is 41.1 Å². The average Bonchev–Trinajstić information content (AvgIpc) is 2.76. The van der Waals surface area contributed by atoms with Crippen LogP contribution in [0, 0.1) is 5.82 Å². The third-order valence-electron chi connectivity index (χ3n) is 5.78. The number of carbonyl (C=O) groups excluding carboxylic acids is 1. The lowest BCUT2D eigenvalue weighted by Gasteiger charge is -2.34. The molecule has 9 heteroatoms. The van der Waals surface area contributed by atoms with Crippen molar-refractivity contribution in [3.8, 4) is 0 Å². The lowest BCUT2D eigenvalue weighted by atomic mass is 9.85. The van der Waals surface area contributed by atoms with Crippen LogP contribution in [-0.2, 0) is 22.4 Å². The van der Waals surface area contributed by atoms with Crippen molar-refractivity contribution < 1.29 is 14.3 Å². The van der Waals surface area contributed by atoms with Gasteiger partial charge in [0.2, 0.25) is 0 Å². The van der Waals surface area contributed by atoms with Crippen molar-refractivity contribution in [2.75, 3.05) is 11.9 Å². The van der Waals surface area contributed by atoms with Crippen molar-refractivity contribution in [2.24, 2.45) is 9.98 Å². The molecular weight excluding hydrogens is 459 g/mol. The van der Waals surface area contributed by atoms with Gasteiger partial charge in [-0.15, -0.1) is 0 Å². The van der Waals surface area contributed by atoms with E-state index < -0.39 is 17.3 Å². The van der Waals surface area contributed by atoms with E-state index in [2.05, 4.69) is 51.5 Å². The number of fused-ring (bicyclic) bond motifs is 1. The number of halogens is 1. The molecule has 0 aliphatic carbocycles. The predicted octanol–water partition coefficient (Wildman–Crippen LogP) is 4.08.